The van der Waals surface area contributed by atoms with Gasteiger partial charge in [-0.3, -0.25) is 0 Å². The number of methoxy groups -OCH3 is 2. The molecule has 6 heteroatoms. The highest BCUT2D eigenvalue weighted by atomic mass is 16.5. The van der Waals surface area contributed by atoms with E-state index in [0.29, 0.717) is 11.5 Å². The van der Waals surface area contributed by atoms with Crippen molar-refractivity contribution < 1.29 is 19.0 Å². The summed E-state index contributed by atoms with van der Waals surface area (Å²) >= 11 is 0. The second-order valence-corrected chi connectivity index (χ2v) is 3.03. The maximum absolute atomic E-state index is 11.6. The maximum atomic E-state index is 11.6. The molecule has 0 aliphatic heterocycles. The Morgan fingerprint density at radius 3 is 2.65 bits per heavy atom. The highest BCUT2D eigenvalue weighted by Crippen LogP contribution is 2.31. The lowest BCUT2D eigenvalue weighted by molar-refractivity contribution is 0.0555. The number of nitrogens with zero attached hydrogens (tertiary/aromatic N) is 1. The van der Waals surface area contributed by atoms with Gasteiger partial charge in [0.25, 0.3) is 0 Å². The van der Waals surface area contributed by atoms with Crippen molar-refractivity contribution in [1.82, 2.24) is 0 Å². The molecule has 1 rings (SSSR count). The third-order valence-corrected chi connectivity index (χ3v) is 2.06. The molecule has 0 aliphatic rings. The second-order valence-electron chi connectivity index (χ2n) is 3.03. The van der Waals surface area contributed by atoms with Crippen molar-refractivity contribution in [3.05, 3.63) is 17.7 Å². The summed E-state index contributed by atoms with van der Waals surface area (Å²) in [4.78, 5) is 11.6. The zero-order valence-corrected chi connectivity index (χ0v) is 9.52. The molecule has 17 heavy (non-hydrogen) atoms. The van der Waals surface area contributed by atoms with Crippen molar-refractivity contribution in [3.63, 3.8) is 0 Å². The van der Waals surface area contributed by atoms with Crippen molar-refractivity contribution in [1.29, 1.82) is 5.26 Å². The first-order chi connectivity index (χ1) is 8.13. The first-order valence-corrected chi connectivity index (χ1v) is 4.69. The summed E-state index contributed by atoms with van der Waals surface area (Å²) in [5.74, 6) is 0.0365. The Balaban J connectivity index is 3.13. The molecular formula is C11H12N2O4. The first kappa shape index (κ1) is 12.6. The lowest BCUT2D eigenvalue weighted by Gasteiger charge is -2.11. The van der Waals surface area contributed by atoms with Gasteiger partial charge in [-0.1, -0.05) is 0 Å². The van der Waals surface area contributed by atoms with Gasteiger partial charge < -0.3 is 19.9 Å². The molecular weight excluding hydrogens is 224 g/mol. The van der Waals surface area contributed by atoms with E-state index in [1.54, 1.807) is 12.1 Å². The van der Waals surface area contributed by atoms with E-state index in [9.17, 15) is 4.79 Å². The van der Waals surface area contributed by atoms with E-state index in [1.807, 2.05) is 0 Å². The molecule has 0 radical (unpaired) electrons. The van der Waals surface area contributed by atoms with E-state index < -0.39 is 5.97 Å². The fourth-order valence-electron chi connectivity index (χ4n) is 1.23. The number of nitrogen functional groups attached to an aromatic ring is 1. The summed E-state index contributed by atoms with van der Waals surface area (Å²) in [5, 5.41) is 8.33. The number of anilines is 1. The number of nitrogens with two attached hydrogens (primary N) is 1. The van der Waals surface area contributed by atoms with Gasteiger partial charge in [-0.05, 0) is 6.07 Å². The minimum Gasteiger partial charge on any atom is -0.497 e. The molecule has 0 fully saturated rings. The number of benzene rings is 1. The van der Waals surface area contributed by atoms with Crippen LogP contribution in [0, 0.1) is 11.3 Å². The standard InChI is InChI=1S/C11H12N2O4/c1-15-7-5-8(11(14)17-4-3-12)10(13)9(6-7)16-2/h5-6H,4,13H2,1-2H3. The highest BCUT2D eigenvalue weighted by Gasteiger charge is 2.17. The van der Waals surface area contributed by atoms with E-state index in [4.69, 9.17) is 20.5 Å². The van der Waals surface area contributed by atoms with Gasteiger partial charge in [-0.15, -0.1) is 0 Å². The van der Waals surface area contributed by atoms with Gasteiger partial charge in [0.1, 0.15) is 17.6 Å². The van der Waals surface area contributed by atoms with Crippen molar-refractivity contribution in [2.45, 2.75) is 0 Å². The van der Waals surface area contributed by atoms with E-state index in [0.717, 1.165) is 0 Å². The largest absolute Gasteiger partial charge is 0.497 e. The van der Waals surface area contributed by atoms with E-state index >= 15 is 0 Å². The van der Waals surface area contributed by atoms with E-state index in [1.165, 1.54) is 20.3 Å². The van der Waals surface area contributed by atoms with Crippen LogP contribution < -0.4 is 15.2 Å². The Bertz CT molecular complexity index is 465. The minimum atomic E-state index is -0.693. The third-order valence-electron chi connectivity index (χ3n) is 2.06. The number of hydrogen-bond acceptors (Lipinski definition) is 6. The van der Waals surface area contributed by atoms with Crippen LogP contribution in [0.4, 0.5) is 5.69 Å². The van der Waals surface area contributed by atoms with Crippen LogP contribution in [0.25, 0.3) is 0 Å². The molecule has 0 saturated carbocycles. The predicted molar refractivity (Wildman–Crippen MR) is 59.9 cm³/mol. The Morgan fingerprint density at radius 2 is 2.12 bits per heavy atom. The van der Waals surface area contributed by atoms with Crippen LogP contribution in [0.2, 0.25) is 0 Å². The zero-order chi connectivity index (χ0) is 12.8. The Hall–Kier alpha value is -2.42. The number of nitriles is 1. The fraction of sp³-hybridized carbons (Fsp3) is 0.273. The molecule has 0 spiro atoms. The minimum absolute atomic E-state index is 0.108. The van der Waals surface area contributed by atoms with E-state index in [-0.39, 0.29) is 17.9 Å². The fourth-order valence-corrected chi connectivity index (χ4v) is 1.23. The van der Waals surface area contributed by atoms with Crippen LogP contribution in [0.5, 0.6) is 11.5 Å². The average molecular weight is 236 g/mol. The van der Waals surface area contributed by atoms with Gasteiger partial charge >= 0.3 is 5.97 Å². The topological polar surface area (TPSA) is 94.6 Å². The molecule has 6 nitrogen and oxygen atoms in total. The van der Waals surface area contributed by atoms with Crippen molar-refractivity contribution in [2.24, 2.45) is 0 Å². The van der Waals surface area contributed by atoms with Crippen LogP contribution in [0.15, 0.2) is 12.1 Å². The Labute approximate surface area is 98.5 Å². The van der Waals surface area contributed by atoms with E-state index in [2.05, 4.69) is 4.74 Å². The summed E-state index contributed by atoms with van der Waals surface area (Å²) in [6.07, 6.45) is 0. The SMILES string of the molecule is COc1cc(OC)c(N)c(C(=O)OCC#N)c1. The molecule has 2 N–H and O–H groups in total. The van der Waals surface area contributed by atoms with Gasteiger partial charge in [-0.2, -0.15) is 5.26 Å². The van der Waals surface area contributed by atoms with Gasteiger partial charge in [-0.25, -0.2) is 4.79 Å². The second kappa shape index (κ2) is 5.61. The molecule has 0 atom stereocenters. The lowest BCUT2D eigenvalue weighted by Crippen LogP contribution is -2.10. The number of rotatable bonds is 4. The van der Waals surface area contributed by atoms with Gasteiger partial charge in [0, 0.05) is 6.07 Å². The van der Waals surface area contributed by atoms with Crippen molar-refractivity contribution in [2.75, 3.05) is 26.6 Å². The maximum Gasteiger partial charge on any atom is 0.341 e. The third kappa shape index (κ3) is 2.78. The van der Waals surface area contributed by atoms with Gasteiger partial charge in [0.2, 0.25) is 0 Å². The molecule has 1 aromatic carbocycles. The van der Waals surface area contributed by atoms with Crippen molar-refractivity contribution >= 4 is 11.7 Å². The molecule has 0 amide bonds. The molecule has 90 valence electrons. The number of carbonyl (C=O) groups is 1. The number of carbonyl (C=O) groups excluding carboxylic acids is 1. The quantitative estimate of drug-likeness (QED) is 0.618. The Morgan fingerprint density at radius 1 is 1.41 bits per heavy atom. The van der Waals surface area contributed by atoms with Crippen molar-refractivity contribution in [3.8, 4) is 17.6 Å². The number of ether oxygens (including phenoxy) is 3. The summed E-state index contributed by atoms with van der Waals surface area (Å²) in [6.45, 7) is -0.336. The molecule has 0 heterocycles. The van der Waals surface area contributed by atoms with Crippen LogP contribution in [-0.2, 0) is 4.74 Å². The monoisotopic (exact) mass is 236 g/mol. The molecule has 0 aromatic heterocycles. The summed E-state index contributed by atoms with van der Waals surface area (Å²) in [5.41, 5.74) is 5.98. The number of esters is 1. The molecule has 1 aromatic rings. The molecule has 0 saturated heterocycles. The smallest absolute Gasteiger partial charge is 0.341 e. The lowest BCUT2D eigenvalue weighted by atomic mass is 10.1. The molecule has 0 bridgehead atoms. The molecule has 0 unspecified atom stereocenters. The summed E-state index contributed by atoms with van der Waals surface area (Å²) in [7, 11) is 2.88. The summed E-state index contributed by atoms with van der Waals surface area (Å²) < 4.78 is 14.7. The summed E-state index contributed by atoms with van der Waals surface area (Å²) in [6, 6.07) is 4.68. The number of hydrogen-bond donors (Lipinski definition) is 1. The van der Waals surface area contributed by atoms with Gasteiger partial charge in [0.15, 0.2) is 6.61 Å². The normalized spacial score (nSPS) is 9.24. The Kier molecular flexibility index (Phi) is 4.17. The average Bonchev–Trinajstić information content (AvgIpc) is 2.36. The van der Waals surface area contributed by atoms with Crippen LogP contribution in [0.1, 0.15) is 10.4 Å². The highest BCUT2D eigenvalue weighted by molar-refractivity contribution is 5.97. The zero-order valence-electron chi connectivity index (χ0n) is 9.52. The first-order valence-electron chi connectivity index (χ1n) is 4.69. The van der Waals surface area contributed by atoms with Crippen LogP contribution in [-0.4, -0.2) is 26.8 Å². The molecule has 0 aliphatic carbocycles. The van der Waals surface area contributed by atoms with Crippen LogP contribution >= 0.6 is 0 Å². The predicted octanol–water partition coefficient (Wildman–Crippen LogP) is 0.966. The van der Waals surface area contributed by atoms with Gasteiger partial charge in [0.05, 0.1) is 25.5 Å². The van der Waals surface area contributed by atoms with Crippen LogP contribution in [0.3, 0.4) is 0 Å².